The predicted molar refractivity (Wildman–Crippen MR) is 116 cm³/mol. The molecule has 0 radical (unpaired) electrons. The topological polar surface area (TPSA) is 53.0 Å². The van der Waals surface area contributed by atoms with Crippen LogP contribution in [0.25, 0.3) is 10.9 Å². The Morgan fingerprint density at radius 1 is 0.933 bits per heavy atom. The Labute approximate surface area is 176 Å². The van der Waals surface area contributed by atoms with Crippen molar-refractivity contribution in [1.82, 2.24) is 4.98 Å². The molecular formula is C24H26N2O4. The summed E-state index contributed by atoms with van der Waals surface area (Å²) >= 11 is 0. The van der Waals surface area contributed by atoms with Crippen molar-refractivity contribution in [2.75, 3.05) is 38.3 Å². The van der Waals surface area contributed by atoms with Crippen LogP contribution in [0.4, 0.5) is 5.82 Å². The molecule has 3 heterocycles. The van der Waals surface area contributed by atoms with Gasteiger partial charge in [-0.05, 0) is 36.8 Å². The molecule has 30 heavy (non-hydrogen) atoms. The number of rotatable bonds is 4. The fraction of sp³-hybridized carbons (Fsp3) is 0.375. The summed E-state index contributed by atoms with van der Waals surface area (Å²) in [6.45, 7) is 4.66. The van der Waals surface area contributed by atoms with E-state index in [-0.39, 0.29) is 18.3 Å². The summed E-state index contributed by atoms with van der Waals surface area (Å²) in [7, 11) is 1.65. The summed E-state index contributed by atoms with van der Waals surface area (Å²) < 4.78 is 23.7. The smallest absolute Gasteiger partial charge is 0.145 e. The van der Waals surface area contributed by atoms with Gasteiger partial charge in [-0.1, -0.05) is 24.3 Å². The maximum Gasteiger partial charge on any atom is 0.145 e. The summed E-state index contributed by atoms with van der Waals surface area (Å²) in [6.07, 6.45) is -0.118. The fourth-order valence-corrected chi connectivity index (χ4v) is 4.19. The van der Waals surface area contributed by atoms with Crippen LogP contribution in [0.1, 0.15) is 5.56 Å². The second-order valence-corrected chi connectivity index (χ2v) is 7.88. The molecule has 2 fully saturated rings. The summed E-state index contributed by atoms with van der Waals surface area (Å²) in [5.41, 5.74) is 2.25. The van der Waals surface area contributed by atoms with Gasteiger partial charge in [0.2, 0.25) is 0 Å². The van der Waals surface area contributed by atoms with Crippen LogP contribution in [-0.4, -0.2) is 56.7 Å². The monoisotopic (exact) mass is 406 g/mol. The number of nitrogens with zero attached hydrogens (tertiary/aromatic N) is 2. The van der Waals surface area contributed by atoms with Crippen molar-refractivity contribution in [2.24, 2.45) is 0 Å². The first-order valence-electron chi connectivity index (χ1n) is 10.3. The fourth-order valence-electron chi connectivity index (χ4n) is 4.19. The van der Waals surface area contributed by atoms with Gasteiger partial charge >= 0.3 is 0 Å². The summed E-state index contributed by atoms with van der Waals surface area (Å²) in [5.74, 6) is 2.51. The molecule has 5 rings (SSSR count). The van der Waals surface area contributed by atoms with Crippen molar-refractivity contribution in [1.29, 1.82) is 0 Å². The van der Waals surface area contributed by atoms with Crippen molar-refractivity contribution in [3.63, 3.8) is 0 Å². The molecule has 6 nitrogen and oxygen atoms in total. The van der Waals surface area contributed by atoms with Crippen LogP contribution in [0.5, 0.6) is 11.5 Å². The third-order valence-electron chi connectivity index (χ3n) is 5.79. The van der Waals surface area contributed by atoms with Gasteiger partial charge in [-0.3, -0.25) is 0 Å². The lowest BCUT2D eigenvalue weighted by Crippen LogP contribution is -2.29. The normalized spacial score (nSPS) is 22.0. The van der Waals surface area contributed by atoms with Gasteiger partial charge in [-0.25, -0.2) is 4.98 Å². The van der Waals surface area contributed by atoms with Gasteiger partial charge in [0.25, 0.3) is 0 Å². The van der Waals surface area contributed by atoms with E-state index < -0.39 is 0 Å². The highest BCUT2D eigenvalue weighted by Crippen LogP contribution is 2.29. The molecule has 0 aliphatic carbocycles. The average molecular weight is 406 g/mol. The van der Waals surface area contributed by atoms with E-state index in [1.165, 1.54) is 10.9 Å². The van der Waals surface area contributed by atoms with E-state index >= 15 is 0 Å². The van der Waals surface area contributed by atoms with E-state index in [9.17, 15) is 0 Å². The van der Waals surface area contributed by atoms with Crippen molar-refractivity contribution >= 4 is 16.7 Å². The summed E-state index contributed by atoms with van der Waals surface area (Å²) in [4.78, 5) is 7.13. The quantitative estimate of drug-likeness (QED) is 0.660. The molecule has 6 heteroatoms. The Bertz CT molecular complexity index is 1020. The first kappa shape index (κ1) is 19.2. The predicted octanol–water partition coefficient (Wildman–Crippen LogP) is 3.60. The lowest BCUT2D eigenvalue weighted by atomic mass is 10.1. The maximum absolute atomic E-state index is 6.19. The molecule has 0 N–H and O–H groups in total. The SMILES string of the molecule is COc1cccc(OC2CO[C@H]3CN(c4cc(C)c5ccccc5n4)C[C@@H]3OC2)c1. The number of benzene rings is 2. The van der Waals surface area contributed by atoms with Crippen molar-refractivity contribution in [3.05, 3.63) is 60.2 Å². The van der Waals surface area contributed by atoms with Crippen molar-refractivity contribution in [2.45, 2.75) is 25.2 Å². The third kappa shape index (κ3) is 3.80. The molecule has 0 amide bonds. The van der Waals surface area contributed by atoms with E-state index in [1.807, 2.05) is 30.3 Å². The minimum absolute atomic E-state index is 0.0116. The number of methoxy groups -OCH3 is 1. The number of para-hydroxylation sites is 1. The van der Waals surface area contributed by atoms with Crippen LogP contribution in [0, 0.1) is 6.92 Å². The zero-order valence-corrected chi connectivity index (χ0v) is 17.3. The Balaban J connectivity index is 1.25. The van der Waals surface area contributed by atoms with Gasteiger partial charge < -0.3 is 23.8 Å². The highest BCUT2D eigenvalue weighted by atomic mass is 16.6. The molecular weight excluding hydrogens is 380 g/mol. The van der Waals surface area contributed by atoms with E-state index in [0.29, 0.717) is 13.2 Å². The zero-order chi connectivity index (χ0) is 20.5. The van der Waals surface area contributed by atoms with Crippen LogP contribution >= 0.6 is 0 Å². The average Bonchev–Trinajstić information content (AvgIpc) is 3.10. The molecule has 2 aliphatic heterocycles. The highest BCUT2D eigenvalue weighted by molar-refractivity contribution is 5.83. The van der Waals surface area contributed by atoms with Gasteiger partial charge in [0.1, 0.15) is 35.6 Å². The van der Waals surface area contributed by atoms with Gasteiger partial charge in [0.05, 0.1) is 25.8 Å². The van der Waals surface area contributed by atoms with Gasteiger partial charge in [-0.2, -0.15) is 0 Å². The van der Waals surface area contributed by atoms with Gasteiger partial charge in [0.15, 0.2) is 0 Å². The molecule has 0 bridgehead atoms. The molecule has 2 saturated heterocycles. The van der Waals surface area contributed by atoms with E-state index in [0.717, 1.165) is 35.9 Å². The lowest BCUT2D eigenvalue weighted by Gasteiger charge is -2.21. The first-order valence-corrected chi connectivity index (χ1v) is 10.3. The minimum atomic E-state index is -0.141. The van der Waals surface area contributed by atoms with Crippen LogP contribution in [0.3, 0.4) is 0 Å². The molecule has 1 aromatic heterocycles. The largest absolute Gasteiger partial charge is 0.497 e. The number of hydrogen-bond donors (Lipinski definition) is 0. The molecule has 0 saturated carbocycles. The number of fused-ring (bicyclic) bond motifs is 2. The summed E-state index contributed by atoms with van der Waals surface area (Å²) in [5, 5.41) is 1.19. The number of pyridine rings is 1. The third-order valence-corrected chi connectivity index (χ3v) is 5.79. The number of ether oxygens (including phenoxy) is 4. The highest BCUT2D eigenvalue weighted by Gasteiger charge is 2.38. The van der Waals surface area contributed by atoms with Crippen LogP contribution in [-0.2, 0) is 9.47 Å². The van der Waals surface area contributed by atoms with Crippen LogP contribution in [0.2, 0.25) is 0 Å². The van der Waals surface area contributed by atoms with Crippen molar-refractivity contribution in [3.8, 4) is 11.5 Å². The van der Waals surface area contributed by atoms with E-state index in [1.54, 1.807) is 7.11 Å². The van der Waals surface area contributed by atoms with E-state index in [2.05, 4.69) is 36.1 Å². The second-order valence-electron chi connectivity index (χ2n) is 7.88. The van der Waals surface area contributed by atoms with Crippen LogP contribution in [0.15, 0.2) is 54.6 Å². The molecule has 3 aromatic rings. The Hall–Kier alpha value is -2.83. The Kier molecular flexibility index (Phi) is 5.19. The van der Waals surface area contributed by atoms with Gasteiger partial charge in [0, 0.05) is 24.5 Å². The lowest BCUT2D eigenvalue weighted by molar-refractivity contribution is -0.00461. The van der Waals surface area contributed by atoms with Gasteiger partial charge in [-0.15, -0.1) is 0 Å². The molecule has 2 aliphatic rings. The molecule has 2 aromatic carbocycles. The number of aryl methyl sites for hydroxylation is 1. The van der Waals surface area contributed by atoms with E-state index in [4.69, 9.17) is 23.9 Å². The Morgan fingerprint density at radius 3 is 2.43 bits per heavy atom. The Morgan fingerprint density at radius 2 is 1.67 bits per heavy atom. The maximum atomic E-state index is 6.19. The first-order chi connectivity index (χ1) is 14.7. The number of hydrogen-bond acceptors (Lipinski definition) is 6. The molecule has 2 atom stereocenters. The molecule has 0 spiro atoms. The minimum Gasteiger partial charge on any atom is -0.497 e. The summed E-state index contributed by atoms with van der Waals surface area (Å²) in [6, 6.07) is 18.0. The molecule has 156 valence electrons. The number of anilines is 1. The molecule has 0 unspecified atom stereocenters. The van der Waals surface area contributed by atoms with Crippen molar-refractivity contribution < 1.29 is 18.9 Å². The second kappa shape index (κ2) is 8.13. The van der Waals surface area contributed by atoms with Crippen LogP contribution < -0.4 is 14.4 Å². The standard InChI is InChI=1S/C24H26N2O4/c1-16-10-24(25-21-9-4-3-8-20(16)21)26-12-22-23(13-26)29-15-19(14-28-22)30-18-7-5-6-17(11-18)27-2/h3-11,19,22-23H,12-15H2,1-2H3/t22-,23-/m0/s1. The number of aromatic nitrogens is 1. The zero-order valence-electron chi connectivity index (χ0n) is 17.3.